The van der Waals surface area contributed by atoms with Crippen molar-refractivity contribution in [2.75, 3.05) is 6.61 Å². The van der Waals surface area contributed by atoms with Crippen LogP contribution in [0.2, 0.25) is 5.02 Å². The summed E-state index contributed by atoms with van der Waals surface area (Å²) in [5, 5.41) is 0.464. The predicted octanol–water partition coefficient (Wildman–Crippen LogP) is 6.56. The van der Waals surface area contributed by atoms with E-state index in [-0.39, 0.29) is 22.0 Å². The molecule has 158 valence electrons. The smallest absolute Gasteiger partial charge is 0.197 e. The molecular formula is C25H15ClFNO3S. The van der Waals surface area contributed by atoms with Gasteiger partial charge in [0.15, 0.2) is 5.43 Å². The third-order valence-corrected chi connectivity index (χ3v) is 7.45. The highest BCUT2D eigenvalue weighted by molar-refractivity contribution is 7.99. The van der Waals surface area contributed by atoms with Crippen LogP contribution in [-0.2, 0) is 0 Å². The molecule has 7 heteroatoms. The van der Waals surface area contributed by atoms with Crippen molar-refractivity contribution in [1.29, 1.82) is 0 Å². The zero-order chi connectivity index (χ0) is 21.8. The van der Waals surface area contributed by atoms with Crippen LogP contribution in [0.1, 0.15) is 16.4 Å². The summed E-state index contributed by atoms with van der Waals surface area (Å²) in [4.78, 5) is 19.4. The van der Waals surface area contributed by atoms with Crippen molar-refractivity contribution in [3.63, 3.8) is 0 Å². The van der Waals surface area contributed by atoms with E-state index in [0.29, 0.717) is 28.5 Å². The fraction of sp³-hybridized carbons (Fsp3) is 0.120. The summed E-state index contributed by atoms with van der Waals surface area (Å²) < 4.78 is 25.7. The molecule has 2 aliphatic heterocycles. The lowest BCUT2D eigenvalue weighted by atomic mass is 9.88. The molecule has 0 saturated carbocycles. The molecule has 1 aromatic heterocycles. The normalized spacial score (nSPS) is 19.2. The predicted molar refractivity (Wildman–Crippen MR) is 124 cm³/mol. The molecule has 6 rings (SSSR count). The first-order valence-electron chi connectivity index (χ1n) is 10.1. The first-order chi connectivity index (χ1) is 15.6. The largest absolute Gasteiger partial charge is 0.492 e. The lowest BCUT2D eigenvalue weighted by Crippen LogP contribution is -2.33. The Morgan fingerprint density at radius 3 is 2.88 bits per heavy atom. The van der Waals surface area contributed by atoms with Crippen molar-refractivity contribution < 1.29 is 13.5 Å². The number of ether oxygens (including phenoxy) is 1. The Bertz CT molecular complexity index is 1480. The number of halogens is 2. The number of aliphatic imine (C=N–C) groups is 1. The number of para-hydroxylation sites is 1. The fourth-order valence-corrected chi connectivity index (χ4v) is 5.75. The Balaban J connectivity index is 1.59. The van der Waals surface area contributed by atoms with Gasteiger partial charge in [0.25, 0.3) is 0 Å². The van der Waals surface area contributed by atoms with Crippen molar-refractivity contribution in [1.82, 2.24) is 0 Å². The molecule has 2 atom stereocenters. The van der Waals surface area contributed by atoms with Gasteiger partial charge in [-0.15, -0.1) is 11.8 Å². The van der Waals surface area contributed by atoms with Gasteiger partial charge in [-0.1, -0.05) is 23.7 Å². The van der Waals surface area contributed by atoms with Crippen LogP contribution in [0.5, 0.6) is 5.75 Å². The van der Waals surface area contributed by atoms with Crippen molar-refractivity contribution >= 4 is 45.7 Å². The minimum atomic E-state index is -0.479. The minimum Gasteiger partial charge on any atom is -0.492 e. The minimum absolute atomic E-state index is 0.222. The van der Waals surface area contributed by atoms with Gasteiger partial charge in [0.2, 0.25) is 0 Å². The Hall–Kier alpha value is -3.09. The summed E-state index contributed by atoms with van der Waals surface area (Å²) >= 11 is 7.83. The SMILES string of the molecule is O=c1c([C@@H]2Sc3ccccc3N=C3c4cc(Cl)ccc4OC[C@H]32)coc2ccc(F)cc12. The van der Waals surface area contributed by atoms with Gasteiger partial charge in [0.1, 0.15) is 17.1 Å². The summed E-state index contributed by atoms with van der Waals surface area (Å²) in [6.45, 7) is 0.347. The van der Waals surface area contributed by atoms with Crippen molar-refractivity contribution in [3.8, 4) is 5.75 Å². The zero-order valence-corrected chi connectivity index (χ0v) is 18.1. The Morgan fingerprint density at radius 1 is 1.09 bits per heavy atom. The van der Waals surface area contributed by atoms with Gasteiger partial charge in [-0.3, -0.25) is 9.79 Å². The fourth-order valence-electron chi connectivity index (χ4n) is 4.25. The molecule has 0 unspecified atom stereocenters. The van der Waals surface area contributed by atoms with E-state index in [4.69, 9.17) is 25.7 Å². The third kappa shape index (κ3) is 3.14. The Kier molecular flexibility index (Phi) is 4.59. The van der Waals surface area contributed by atoms with E-state index in [1.807, 2.05) is 36.4 Å². The first kappa shape index (κ1) is 19.6. The molecule has 0 aliphatic carbocycles. The van der Waals surface area contributed by atoms with Gasteiger partial charge in [-0.05, 0) is 48.5 Å². The van der Waals surface area contributed by atoms with Gasteiger partial charge in [-0.2, -0.15) is 0 Å². The molecule has 4 aromatic rings. The number of thioether (sulfide) groups is 1. The summed E-state index contributed by atoms with van der Waals surface area (Å²) in [5.74, 6) is 0.0000551. The highest BCUT2D eigenvalue weighted by atomic mass is 35.5. The number of hydrogen-bond acceptors (Lipinski definition) is 5. The number of hydrogen-bond donors (Lipinski definition) is 0. The maximum Gasteiger partial charge on any atom is 0.197 e. The van der Waals surface area contributed by atoms with Crippen LogP contribution in [0.15, 0.2) is 86.0 Å². The molecule has 0 bridgehead atoms. The highest BCUT2D eigenvalue weighted by Gasteiger charge is 2.39. The van der Waals surface area contributed by atoms with Crippen molar-refractivity contribution in [2.45, 2.75) is 10.1 Å². The second kappa shape index (κ2) is 7.50. The van der Waals surface area contributed by atoms with Crippen LogP contribution < -0.4 is 10.2 Å². The van der Waals surface area contributed by atoms with Gasteiger partial charge < -0.3 is 9.15 Å². The summed E-state index contributed by atoms with van der Waals surface area (Å²) in [7, 11) is 0. The molecule has 0 saturated heterocycles. The van der Waals surface area contributed by atoms with Crippen LogP contribution in [0.25, 0.3) is 11.0 Å². The lowest BCUT2D eigenvalue weighted by Gasteiger charge is -2.31. The molecule has 0 radical (unpaired) electrons. The van der Waals surface area contributed by atoms with Gasteiger partial charge in [0, 0.05) is 21.0 Å². The first-order valence-corrected chi connectivity index (χ1v) is 11.3. The average molecular weight is 464 g/mol. The molecule has 3 heterocycles. The summed E-state index contributed by atoms with van der Waals surface area (Å²) in [6, 6.07) is 17.2. The maximum atomic E-state index is 13.9. The number of fused-ring (bicyclic) bond motifs is 5. The van der Waals surface area contributed by atoms with Crippen LogP contribution in [0.4, 0.5) is 10.1 Å². The molecule has 0 spiro atoms. The highest BCUT2D eigenvalue weighted by Crippen LogP contribution is 2.50. The maximum absolute atomic E-state index is 13.9. The Labute approximate surface area is 191 Å². The van der Waals surface area contributed by atoms with Gasteiger partial charge >= 0.3 is 0 Å². The van der Waals surface area contributed by atoms with E-state index in [2.05, 4.69) is 0 Å². The van der Waals surface area contributed by atoms with Crippen molar-refractivity contribution in [3.05, 3.63) is 99.1 Å². The van der Waals surface area contributed by atoms with E-state index in [0.717, 1.165) is 21.9 Å². The average Bonchev–Trinajstić information content (AvgIpc) is 2.97. The summed E-state index contributed by atoms with van der Waals surface area (Å²) in [5.41, 5.74) is 3.01. The molecule has 2 aliphatic rings. The molecule has 0 amide bonds. The van der Waals surface area contributed by atoms with E-state index >= 15 is 0 Å². The Morgan fingerprint density at radius 2 is 1.97 bits per heavy atom. The van der Waals surface area contributed by atoms with Crippen molar-refractivity contribution in [2.24, 2.45) is 10.9 Å². The monoisotopic (exact) mass is 463 g/mol. The van der Waals surface area contributed by atoms with Gasteiger partial charge in [0.05, 0.1) is 40.8 Å². The van der Waals surface area contributed by atoms with E-state index in [9.17, 15) is 9.18 Å². The van der Waals surface area contributed by atoms with Crippen LogP contribution >= 0.6 is 23.4 Å². The number of rotatable bonds is 1. The standard InChI is InChI=1S/C25H15ClFNO3S/c26-13-5-7-20-15(9-13)23-17(11-30-20)25(32-22-4-2-1-3-19(22)28-23)18-12-31-21-8-6-14(27)10-16(21)24(18)29/h1-10,12,17,25H,11H2/t17-,25-/m1/s1. The van der Waals surface area contributed by atoms with E-state index in [1.54, 1.807) is 17.8 Å². The molecule has 0 fully saturated rings. The molecule has 3 aromatic carbocycles. The number of benzene rings is 3. The number of nitrogens with zero attached hydrogens (tertiary/aromatic N) is 1. The molecule has 0 N–H and O–H groups in total. The summed E-state index contributed by atoms with van der Waals surface area (Å²) in [6.07, 6.45) is 1.49. The van der Waals surface area contributed by atoms with Crippen LogP contribution in [0.3, 0.4) is 0 Å². The molecule has 32 heavy (non-hydrogen) atoms. The zero-order valence-electron chi connectivity index (χ0n) is 16.5. The third-order valence-electron chi connectivity index (χ3n) is 5.78. The van der Waals surface area contributed by atoms with E-state index in [1.165, 1.54) is 24.5 Å². The molecular weight excluding hydrogens is 449 g/mol. The van der Waals surface area contributed by atoms with Crippen LogP contribution in [0, 0.1) is 11.7 Å². The second-order valence-corrected chi connectivity index (χ2v) is 9.34. The topological polar surface area (TPSA) is 51.8 Å². The van der Waals surface area contributed by atoms with Crippen LogP contribution in [-0.4, -0.2) is 12.3 Å². The molecule has 4 nitrogen and oxygen atoms in total. The quantitative estimate of drug-likeness (QED) is 0.320. The van der Waals surface area contributed by atoms with Gasteiger partial charge in [-0.25, -0.2) is 4.39 Å². The lowest BCUT2D eigenvalue weighted by molar-refractivity contribution is 0.271. The van der Waals surface area contributed by atoms with E-state index < -0.39 is 5.82 Å². The second-order valence-electron chi connectivity index (χ2n) is 7.72.